The first kappa shape index (κ1) is 25.6. The van der Waals surface area contributed by atoms with Crippen LogP contribution in [0.15, 0.2) is 12.2 Å². The molecule has 8 rings (SSSR count). The molecule has 3 spiro atoms. The van der Waals surface area contributed by atoms with Crippen molar-refractivity contribution >= 4 is 5.97 Å². The smallest absolute Gasteiger partial charge is 0.344 e. The van der Waals surface area contributed by atoms with Gasteiger partial charge in [-0.05, 0) is 37.2 Å². The number of aliphatic hydroxyl groups is 2. The minimum absolute atomic E-state index is 0.104. The molecule has 2 saturated carbocycles. The van der Waals surface area contributed by atoms with Crippen LogP contribution in [0, 0.1) is 29.6 Å². The van der Waals surface area contributed by atoms with Gasteiger partial charge in [-0.1, -0.05) is 52.5 Å². The average Bonchev–Trinajstić information content (AvgIpc) is 3.39. The predicted molar refractivity (Wildman–Crippen MR) is 135 cm³/mol. The molecule has 14 atom stereocenters. The topological polar surface area (TPSA) is 116 Å². The van der Waals surface area contributed by atoms with Crippen LogP contribution in [0.3, 0.4) is 0 Å². The fraction of sp³-hybridized carbons (Fsp3) is 0.900. The molecule has 6 heterocycles. The van der Waals surface area contributed by atoms with Gasteiger partial charge in [0, 0.05) is 31.1 Å². The van der Waals surface area contributed by atoms with Crippen molar-refractivity contribution in [1.82, 2.24) is 0 Å². The van der Waals surface area contributed by atoms with Crippen molar-refractivity contribution in [3.8, 4) is 0 Å². The molecule has 0 aromatic carbocycles. The molecule has 216 valence electrons. The molecule has 9 heteroatoms. The van der Waals surface area contributed by atoms with Gasteiger partial charge in [0.2, 0.25) is 11.4 Å². The van der Waals surface area contributed by atoms with E-state index in [1.165, 1.54) is 0 Å². The van der Waals surface area contributed by atoms with E-state index in [-0.39, 0.29) is 17.8 Å². The zero-order valence-corrected chi connectivity index (χ0v) is 23.4. The molecule has 6 saturated heterocycles. The lowest BCUT2D eigenvalue weighted by Gasteiger charge is -2.61. The van der Waals surface area contributed by atoms with E-state index in [4.69, 9.17) is 28.4 Å². The molecular formula is C30H42O9. The summed E-state index contributed by atoms with van der Waals surface area (Å²) in [7, 11) is 0. The molecule has 6 aliphatic heterocycles. The van der Waals surface area contributed by atoms with Crippen LogP contribution in [-0.2, 0) is 33.2 Å². The van der Waals surface area contributed by atoms with E-state index in [0.29, 0.717) is 12.8 Å². The lowest BCUT2D eigenvalue weighted by Crippen LogP contribution is -2.75. The summed E-state index contributed by atoms with van der Waals surface area (Å²) in [5.74, 6) is -4.22. The van der Waals surface area contributed by atoms with Gasteiger partial charge < -0.3 is 38.6 Å². The standard InChI is InChI=1S/C30H42O9/c1-15(2)26-13-17(4)29-19-21(26)35-28(38-26,39-29)12-10-8-6-7-9-11-16(3)18-20(29)30(24(33)36-25(18,5)37-30)23(32)27(14-31)22(19)34-27/h16-23,31-32H,1,6-14H2,2-5H3/t16-,17+,18+,19+,20-,21+,22-,23+,25-,26+,27-,28+,29+,30-/m0/s1. The van der Waals surface area contributed by atoms with E-state index < -0.39 is 76.9 Å². The fourth-order valence-corrected chi connectivity index (χ4v) is 10.7. The number of fused-ring (bicyclic) bond motifs is 3. The molecular weight excluding hydrogens is 504 g/mol. The van der Waals surface area contributed by atoms with E-state index in [9.17, 15) is 15.0 Å². The number of carbonyl (C=O) groups excluding carboxylic acids is 1. The maximum atomic E-state index is 14.0. The number of epoxide rings is 1. The van der Waals surface area contributed by atoms with Gasteiger partial charge in [0.05, 0.1) is 12.2 Å². The largest absolute Gasteiger partial charge is 0.431 e. The Bertz CT molecular complexity index is 1140. The second-order valence-corrected chi connectivity index (χ2v) is 14.2. The van der Waals surface area contributed by atoms with E-state index >= 15 is 0 Å². The molecule has 0 amide bonds. The maximum Gasteiger partial charge on any atom is 0.344 e. The third-order valence-electron chi connectivity index (χ3n) is 12.3. The fourth-order valence-electron chi connectivity index (χ4n) is 10.7. The lowest BCUT2D eigenvalue weighted by atomic mass is 9.50. The van der Waals surface area contributed by atoms with Crippen LogP contribution < -0.4 is 0 Å². The first-order valence-corrected chi connectivity index (χ1v) is 15.1. The van der Waals surface area contributed by atoms with Gasteiger partial charge >= 0.3 is 5.97 Å². The van der Waals surface area contributed by atoms with Crippen molar-refractivity contribution in [2.75, 3.05) is 6.61 Å². The molecule has 8 fully saturated rings. The van der Waals surface area contributed by atoms with Crippen LogP contribution in [0.1, 0.15) is 79.1 Å². The number of carbonyl (C=O) groups is 1. The Kier molecular flexibility index (Phi) is 4.90. The van der Waals surface area contributed by atoms with E-state index in [2.05, 4.69) is 20.4 Å². The molecule has 0 unspecified atom stereocenters. The molecule has 0 aromatic rings. The summed E-state index contributed by atoms with van der Waals surface area (Å²) >= 11 is 0. The van der Waals surface area contributed by atoms with Gasteiger partial charge in [0.25, 0.3) is 5.97 Å². The summed E-state index contributed by atoms with van der Waals surface area (Å²) < 4.78 is 40.2. The number of ether oxygens (including phenoxy) is 6. The Labute approximate surface area is 229 Å². The van der Waals surface area contributed by atoms with Crippen LogP contribution in [0.5, 0.6) is 0 Å². The van der Waals surface area contributed by atoms with E-state index in [1.807, 2.05) is 13.8 Å². The Balaban J connectivity index is 1.42. The van der Waals surface area contributed by atoms with Gasteiger partial charge in [0.15, 0.2) is 0 Å². The molecule has 2 aliphatic carbocycles. The number of esters is 1. The quantitative estimate of drug-likeness (QED) is 0.306. The van der Waals surface area contributed by atoms with Gasteiger partial charge in [-0.3, -0.25) is 0 Å². The maximum absolute atomic E-state index is 14.0. The van der Waals surface area contributed by atoms with Crippen LogP contribution in [0.2, 0.25) is 0 Å². The molecule has 5 bridgehead atoms. The summed E-state index contributed by atoms with van der Waals surface area (Å²) in [5.41, 5.74) is -4.00. The number of aliphatic hydroxyl groups excluding tert-OH is 2. The highest BCUT2D eigenvalue weighted by Gasteiger charge is 2.93. The molecule has 2 N–H and O–H groups in total. The van der Waals surface area contributed by atoms with Crippen LogP contribution >= 0.6 is 0 Å². The summed E-state index contributed by atoms with van der Waals surface area (Å²) in [6.45, 7) is 12.1. The average molecular weight is 547 g/mol. The summed E-state index contributed by atoms with van der Waals surface area (Å²) in [6.07, 6.45) is 4.93. The second kappa shape index (κ2) is 7.46. The molecule has 39 heavy (non-hydrogen) atoms. The Morgan fingerprint density at radius 3 is 2.51 bits per heavy atom. The normalized spacial score (nSPS) is 62.4. The van der Waals surface area contributed by atoms with Crippen molar-refractivity contribution in [3.63, 3.8) is 0 Å². The Morgan fingerprint density at radius 1 is 1.03 bits per heavy atom. The van der Waals surface area contributed by atoms with Gasteiger partial charge in [-0.25, -0.2) is 4.79 Å². The van der Waals surface area contributed by atoms with Crippen molar-refractivity contribution in [3.05, 3.63) is 12.2 Å². The molecule has 0 aromatic heterocycles. The third kappa shape index (κ3) is 2.63. The third-order valence-corrected chi connectivity index (χ3v) is 12.3. The van der Waals surface area contributed by atoms with Crippen LogP contribution in [0.4, 0.5) is 0 Å². The zero-order valence-electron chi connectivity index (χ0n) is 23.4. The van der Waals surface area contributed by atoms with Crippen LogP contribution in [0.25, 0.3) is 0 Å². The van der Waals surface area contributed by atoms with Crippen LogP contribution in [-0.4, -0.2) is 75.3 Å². The number of rotatable bonds is 2. The zero-order chi connectivity index (χ0) is 27.4. The number of hydrogen-bond acceptors (Lipinski definition) is 9. The van der Waals surface area contributed by atoms with Crippen molar-refractivity contribution in [2.24, 2.45) is 29.6 Å². The van der Waals surface area contributed by atoms with Gasteiger partial charge in [-0.2, -0.15) is 0 Å². The highest BCUT2D eigenvalue weighted by molar-refractivity contribution is 5.85. The van der Waals surface area contributed by atoms with E-state index in [0.717, 1.165) is 44.1 Å². The Hall–Kier alpha value is -1.07. The number of hydrogen-bond donors (Lipinski definition) is 2. The molecule has 9 nitrogen and oxygen atoms in total. The first-order valence-electron chi connectivity index (χ1n) is 15.1. The minimum Gasteiger partial charge on any atom is -0.431 e. The lowest BCUT2D eigenvalue weighted by molar-refractivity contribution is -0.435. The predicted octanol–water partition coefficient (Wildman–Crippen LogP) is 2.95. The Morgan fingerprint density at radius 2 is 1.77 bits per heavy atom. The van der Waals surface area contributed by atoms with Gasteiger partial charge in [-0.15, -0.1) is 0 Å². The summed E-state index contributed by atoms with van der Waals surface area (Å²) in [5, 5.41) is 22.9. The second-order valence-electron chi connectivity index (χ2n) is 14.2. The van der Waals surface area contributed by atoms with Crippen molar-refractivity contribution in [2.45, 2.75) is 132 Å². The van der Waals surface area contributed by atoms with Gasteiger partial charge in [0.1, 0.15) is 29.5 Å². The molecule has 0 radical (unpaired) electrons. The molecule has 8 aliphatic rings. The first-order chi connectivity index (χ1) is 18.5. The summed E-state index contributed by atoms with van der Waals surface area (Å²) in [6, 6.07) is 0. The van der Waals surface area contributed by atoms with E-state index in [1.54, 1.807) is 0 Å². The van der Waals surface area contributed by atoms with Crippen molar-refractivity contribution in [1.29, 1.82) is 0 Å². The SMILES string of the molecule is C=C(C)[C@]12C[C@@H](C)[C@]34O[C@@]5(CCCCCCC[C@H](C)[C@@H]6[C@@H]3[C@]3(O[C@]6(C)OC3=O)[C@H](O)[C@@]3(CO)O[C@H]3[C@H]4[C@H]1O5)O2. The highest BCUT2D eigenvalue weighted by atomic mass is 16.9. The monoisotopic (exact) mass is 546 g/mol. The van der Waals surface area contributed by atoms with Crippen molar-refractivity contribution < 1.29 is 43.4 Å². The minimum atomic E-state index is -1.73. The summed E-state index contributed by atoms with van der Waals surface area (Å²) in [4.78, 5) is 14.0. The highest BCUT2D eigenvalue weighted by Crippen LogP contribution is 2.77.